The van der Waals surface area contributed by atoms with Crippen LogP contribution in [-0.2, 0) is 10.2 Å². The van der Waals surface area contributed by atoms with Crippen LogP contribution in [0.25, 0.3) is 10.9 Å². The molecule has 1 aromatic heterocycles. The zero-order chi connectivity index (χ0) is 12.5. The summed E-state index contributed by atoms with van der Waals surface area (Å²) in [5, 5.41) is 0.659. The fourth-order valence-electron chi connectivity index (χ4n) is 1.48. The summed E-state index contributed by atoms with van der Waals surface area (Å²) in [6.45, 7) is 0. The minimum absolute atomic E-state index is 0.441. The smallest absolute Gasteiger partial charge is 0.298 e. The van der Waals surface area contributed by atoms with Gasteiger partial charge in [-0.3, -0.25) is 9.71 Å². The minimum Gasteiger partial charge on any atom is -0.397 e. The Morgan fingerprint density at radius 3 is 2.76 bits per heavy atom. The highest BCUT2D eigenvalue weighted by Gasteiger charge is 2.10. The summed E-state index contributed by atoms with van der Waals surface area (Å²) in [7, 11) is -2.21. The Bertz CT molecular complexity index is 654. The number of aromatic nitrogens is 1. The van der Waals surface area contributed by atoms with Gasteiger partial charge in [0.1, 0.15) is 0 Å². The summed E-state index contributed by atoms with van der Waals surface area (Å²) < 4.78 is 27.4. The van der Waals surface area contributed by atoms with E-state index in [4.69, 9.17) is 5.73 Å². The molecule has 4 N–H and O–H groups in total. The Hall–Kier alpha value is -1.86. The van der Waals surface area contributed by atoms with Gasteiger partial charge in [-0.25, -0.2) is 4.72 Å². The predicted molar refractivity (Wildman–Crippen MR) is 67.8 cm³/mol. The van der Waals surface area contributed by atoms with Crippen LogP contribution < -0.4 is 15.2 Å². The maximum atomic E-state index is 11.4. The second kappa shape index (κ2) is 4.19. The van der Waals surface area contributed by atoms with Gasteiger partial charge in [-0.15, -0.1) is 0 Å². The van der Waals surface area contributed by atoms with Gasteiger partial charge >= 0.3 is 0 Å². The quantitative estimate of drug-likeness (QED) is 0.700. The summed E-state index contributed by atoms with van der Waals surface area (Å²) >= 11 is 0. The summed E-state index contributed by atoms with van der Waals surface area (Å²) in [5.41, 5.74) is 7.29. The van der Waals surface area contributed by atoms with Crippen LogP contribution in [0.2, 0.25) is 0 Å². The lowest BCUT2D eigenvalue weighted by molar-refractivity contribution is 0.593. The number of benzene rings is 1. The highest BCUT2D eigenvalue weighted by atomic mass is 32.2. The third-order valence-corrected chi connectivity index (χ3v) is 3.34. The molecule has 90 valence electrons. The van der Waals surface area contributed by atoms with Crippen molar-refractivity contribution in [3.63, 3.8) is 0 Å². The van der Waals surface area contributed by atoms with Gasteiger partial charge in [0, 0.05) is 18.6 Å². The molecule has 17 heavy (non-hydrogen) atoms. The predicted octanol–water partition coefficient (Wildman–Crippen LogP) is 0.693. The standard InChI is InChI=1S/C10H12N4O2S/c1-12-17(15,16)14-9-5-4-8(11)10-7(9)3-2-6-13-10/h2-6,12,14H,11H2,1H3. The van der Waals surface area contributed by atoms with E-state index in [1.165, 1.54) is 7.05 Å². The molecule has 2 aromatic rings. The van der Waals surface area contributed by atoms with Crippen LogP contribution in [0.1, 0.15) is 0 Å². The Morgan fingerprint density at radius 2 is 2.06 bits per heavy atom. The number of nitrogens with zero attached hydrogens (tertiary/aromatic N) is 1. The SMILES string of the molecule is CNS(=O)(=O)Nc1ccc(N)c2ncccc12. The summed E-state index contributed by atoms with van der Waals surface area (Å²) in [6.07, 6.45) is 1.61. The second-order valence-corrected chi connectivity index (χ2v) is 5.03. The van der Waals surface area contributed by atoms with Crippen molar-refractivity contribution >= 4 is 32.5 Å². The molecule has 0 unspecified atom stereocenters. The van der Waals surface area contributed by atoms with Gasteiger partial charge in [0.2, 0.25) is 0 Å². The first-order valence-corrected chi connectivity index (χ1v) is 6.36. The van der Waals surface area contributed by atoms with E-state index in [1.807, 2.05) is 0 Å². The van der Waals surface area contributed by atoms with Gasteiger partial charge in [0.05, 0.1) is 16.9 Å². The first-order chi connectivity index (χ1) is 8.03. The molecule has 0 spiro atoms. The second-order valence-electron chi connectivity index (χ2n) is 3.41. The topological polar surface area (TPSA) is 97.1 Å². The van der Waals surface area contributed by atoms with Crippen molar-refractivity contribution in [1.29, 1.82) is 0 Å². The number of nitrogens with one attached hydrogen (secondary N) is 2. The molecular weight excluding hydrogens is 240 g/mol. The van der Waals surface area contributed by atoms with Crippen molar-refractivity contribution in [2.45, 2.75) is 0 Å². The number of nitrogens with two attached hydrogens (primary N) is 1. The summed E-state index contributed by atoms with van der Waals surface area (Å²) in [6, 6.07) is 6.70. The average Bonchev–Trinajstić information content (AvgIpc) is 2.33. The fourth-order valence-corrected chi connectivity index (χ4v) is 2.05. The van der Waals surface area contributed by atoms with Gasteiger partial charge in [-0.05, 0) is 24.3 Å². The van der Waals surface area contributed by atoms with Gasteiger partial charge in [0.25, 0.3) is 10.2 Å². The normalized spacial score (nSPS) is 11.6. The Labute approximate surface area is 99.0 Å². The van der Waals surface area contributed by atoms with E-state index >= 15 is 0 Å². The van der Waals surface area contributed by atoms with E-state index in [2.05, 4.69) is 14.4 Å². The highest BCUT2D eigenvalue weighted by molar-refractivity contribution is 7.90. The lowest BCUT2D eigenvalue weighted by atomic mass is 10.1. The molecule has 0 bridgehead atoms. The number of fused-ring (bicyclic) bond motifs is 1. The Kier molecular flexibility index (Phi) is 2.86. The molecule has 0 saturated heterocycles. The van der Waals surface area contributed by atoms with Crippen molar-refractivity contribution in [1.82, 2.24) is 9.71 Å². The third kappa shape index (κ3) is 2.29. The Morgan fingerprint density at radius 1 is 1.29 bits per heavy atom. The van der Waals surface area contributed by atoms with Crippen LogP contribution in [0.15, 0.2) is 30.5 Å². The third-order valence-electron chi connectivity index (χ3n) is 2.31. The van der Waals surface area contributed by atoms with Crippen molar-refractivity contribution in [2.75, 3.05) is 17.5 Å². The lowest BCUT2D eigenvalue weighted by Gasteiger charge is -2.10. The zero-order valence-corrected chi connectivity index (χ0v) is 9.95. The summed E-state index contributed by atoms with van der Waals surface area (Å²) in [4.78, 5) is 4.12. The largest absolute Gasteiger partial charge is 0.397 e. The average molecular weight is 252 g/mol. The van der Waals surface area contributed by atoms with E-state index in [9.17, 15) is 8.42 Å². The van der Waals surface area contributed by atoms with Crippen molar-refractivity contribution < 1.29 is 8.42 Å². The minimum atomic E-state index is -3.55. The lowest BCUT2D eigenvalue weighted by Crippen LogP contribution is -2.26. The first-order valence-electron chi connectivity index (χ1n) is 4.88. The number of pyridine rings is 1. The molecule has 6 nitrogen and oxygen atoms in total. The molecule has 0 aliphatic rings. The van der Waals surface area contributed by atoms with E-state index in [0.29, 0.717) is 22.3 Å². The molecule has 0 saturated carbocycles. The van der Waals surface area contributed by atoms with Gasteiger partial charge in [0.15, 0.2) is 0 Å². The molecule has 2 rings (SSSR count). The van der Waals surface area contributed by atoms with Crippen LogP contribution in [0, 0.1) is 0 Å². The monoisotopic (exact) mass is 252 g/mol. The molecule has 0 amide bonds. The van der Waals surface area contributed by atoms with Crippen LogP contribution >= 0.6 is 0 Å². The van der Waals surface area contributed by atoms with Gasteiger partial charge < -0.3 is 5.73 Å². The number of hydrogen-bond donors (Lipinski definition) is 3. The molecule has 0 aliphatic heterocycles. The molecule has 0 fully saturated rings. The first kappa shape index (κ1) is 11.6. The summed E-state index contributed by atoms with van der Waals surface area (Å²) in [5.74, 6) is 0. The van der Waals surface area contributed by atoms with E-state index in [-0.39, 0.29) is 0 Å². The van der Waals surface area contributed by atoms with E-state index in [0.717, 1.165) is 0 Å². The fraction of sp³-hybridized carbons (Fsp3) is 0.100. The molecule has 1 aromatic carbocycles. The number of anilines is 2. The van der Waals surface area contributed by atoms with Crippen LogP contribution in [0.5, 0.6) is 0 Å². The van der Waals surface area contributed by atoms with Crippen molar-refractivity contribution in [3.05, 3.63) is 30.5 Å². The van der Waals surface area contributed by atoms with Crippen molar-refractivity contribution in [2.24, 2.45) is 0 Å². The number of rotatable bonds is 3. The number of hydrogen-bond acceptors (Lipinski definition) is 4. The van der Waals surface area contributed by atoms with Crippen LogP contribution in [0.3, 0.4) is 0 Å². The Balaban J connectivity index is 2.60. The molecule has 0 aliphatic carbocycles. The van der Waals surface area contributed by atoms with Crippen LogP contribution in [0.4, 0.5) is 11.4 Å². The zero-order valence-electron chi connectivity index (χ0n) is 9.14. The maximum Gasteiger partial charge on any atom is 0.298 e. The van der Waals surface area contributed by atoms with Crippen LogP contribution in [-0.4, -0.2) is 20.4 Å². The number of nitrogen functional groups attached to an aromatic ring is 1. The van der Waals surface area contributed by atoms with Crippen molar-refractivity contribution in [3.8, 4) is 0 Å². The maximum absolute atomic E-state index is 11.4. The van der Waals surface area contributed by atoms with Gasteiger partial charge in [-0.1, -0.05) is 0 Å². The molecular formula is C10H12N4O2S. The van der Waals surface area contributed by atoms with E-state index in [1.54, 1.807) is 30.5 Å². The molecule has 0 atom stereocenters. The molecule has 0 radical (unpaired) electrons. The molecule has 1 heterocycles. The molecule has 7 heteroatoms. The van der Waals surface area contributed by atoms with E-state index < -0.39 is 10.2 Å². The van der Waals surface area contributed by atoms with Gasteiger partial charge in [-0.2, -0.15) is 8.42 Å². The highest BCUT2D eigenvalue weighted by Crippen LogP contribution is 2.26.